The van der Waals surface area contributed by atoms with Crippen LogP contribution >= 0.6 is 0 Å². The molecule has 2 rings (SSSR count). The second-order valence-corrected chi connectivity index (χ2v) is 7.20. The van der Waals surface area contributed by atoms with Gasteiger partial charge in [-0.25, -0.2) is 0 Å². The highest BCUT2D eigenvalue weighted by atomic mass is 16.6. The lowest BCUT2D eigenvalue weighted by molar-refractivity contribution is -0.384. The summed E-state index contributed by atoms with van der Waals surface area (Å²) in [5.41, 5.74) is 0.902. The van der Waals surface area contributed by atoms with Crippen LogP contribution in [0.3, 0.4) is 0 Å². The Morgan fingerprint density at radius 1 is 1.36 bits per heavy atom. The van der Waals surface area contributed by atoms with Crippen molar-refractivity contribution in [3.05, 3.63) is 45.7 Å². The zero-order valence-corrected chi connectivity index (χ0v) is 14.9. The van der Waals surface area contributed by atoms with Crippen molar-refractivity contribution in [3.8, 4) is 0 Å². The van der Waals surface area contributed by atoms with Crippen molar-refractivity contribution in [2.75, 3.05) is 0 Å². The summed E-state index contributed by atoms with van der Waals surface area (Å²) in [6, 6.07) is 6.00. The lowest BCUT2D eigenvalue weighted by atomic mass is 9.73. The molecule has 25 heavy (non-hydrogen) atoms. The van der Waals surface area contributed by atoms with Gasteiger partial charge in [-0.2, -0.15) is 0 Å². The fourth-order valence-corrected chi connectivity index (χ4v) is 3.01. The largest absolute Gasteiger partial charge is 0.511 e. The second-order valence-electron chi connectivity index (χ2n) is 7.20. The van der Waals surface area contributed by atoms with Crippen molar-refractivity contribution in [1.29, 1.82) is 0 Å². The Kier molecular flexibility index (Phi) is 5.72. The van der Waals surface area contributed by atoms with Crippen LogP contribution < -0.4 is 0 Å². The molecule has 0 bridgehead atoms. The number of Topliss-reactive ketones (excluding diaryl/α,β-unsaturated/α-hetero) is 1. The van der Waals surface area contributed by atoms with E-state index in [1.165, 1.54) is 12.1 Å². The smallest absolute Gasteiger partial charge is 0.271 e. The number of unbranched alkanes of at least 4 members (excludes halogenated alkanes) is 1. The maximum atomic E-state index is 12.6. The maximum absolute atomic E-state index is 12.6. The van der Waals surface area contributed by atoms with Crippen LogP contribution in [0.15, 0.2) is 40.6 Å². The van der Waals surface area contributed by atoms with E-state index in [-0.39, 0.29) is 22.6 Å². The van der Waals surface area contributed by atoms with E-state index < -0.39 is 4.92 Å². The molecule has 1 aliphatic rings. The molecule has 0 heterocycles. The molecular formula is C19H24N2O4. The van der Waals surface area contributed by atoms with Crippen molar-refractivity contribution in [2.45, 2.75) is 52.9 Å². The summed E-state index contributed by atoms with van der Waals surface area (Å²) < 4.78 is 0. The molecule has 0 radical (unpaired) electrons. The summed E-state index contributed by atoms with van der Waals surface area (Å²) in [6.45, 7) is 5.98. The molecular weight excluding hydrogens is 320 g/mol. The highest BCUT2D eigenvalue weighted by Crippen LogP contribution is 2.37. The third kappa shape index (κ3) is 4.75. The molecule has 0 saturated heterocycles. The first-order valence-corrected chi connectivity index (χ1v) is 8.51. The monoisotopic (exact) mass is 344 g/mol. The minimum Gasteiger partial charge on any atom is -0.511 e. The molecule has 1 aromatic carbocycles. The Morgan fingerprint density at radius 2 is 2.08 bits per heavy atom. The normalized spacial score (nSPS) is 20.6. The zero-order valence-electron chi connectivity index (χ0n) is 14.9. The molecule has 0 aromatic heterocycles. The van der Waals surface area contributed by atoms with Crippen molar-refractivity contribution in [2.24, 2.45) is 10.4 Å². The van der Waals surface area contributed by atoms with E-state index in [2.05, 4.69) is 4.99 Å². The summed E-state index contributed by atoms with van der Waals surface area (Å²) in [5.74, 6) is -0.0411. The first-order valence-electron chi connectivity index (χ1n) is 8.51. The van der Waals surface area contributed by atoms with Crippen LogP contribution in [-0.2, 0) is 4.79 Å². The van der Waals surface area contributed by atoms with E-state index in [0.717, 1.165) is 12.8 Å². The van der Waals surface area contributed by atoms with E-state index in [0.29, 0.717) is 36.2 Å². The number of nitrogens with zero attached hydrogens (tertiary/aromatic N) is 2. The molecule has 0 atom stereocenters. The Balaban J connectivity index is 2.49. The Hall–Kier alpha value is -2.50. The van der Waals surface area contributed by atoms with Gasteiger partial charge in [0.15, 0.2) is 5.78 Å². The molecule has 0 spiro atoms. The van der Waals surface area contributed by atoms with Gasteiger partial charge < -0.3 is 5.11 Å². The average molecular weight is 344 g/mol. The SMILES string of the molecule is CCCC/C(O)=C1/C(=O)CC(C)(C)CC1=Nc1cccc([N+](=O)[O-])c1. The molecule has 0 unspecified atom stereocenters. The van der Waals surface area contributed by atoms with Gasteiger partial charge in [0.25, 0.3) is 5.69 Å². The van der Waals surface area contributed by atoms with Gasteiger partial charge in [-0.3, -0.25) is 19.9 Å². The highest BCUT2D eigenvalue weighted by Gasteiger charge is 2.36. The van der Waals surface area contributed by atoms with Crippen molar-refractivity contribution in [1.82, 2.24) is 0 Å². The number of ketones is 1. The Morgan fingerprint density at radius 3 is 2.72 bits per heavy atom. The van der Waals surface area contributed by atoms with E-state index in [9.17, 15) is 20.0 Å². The molecule has 0 aliphatic heterocycles. The average Bonchev–Trinajstić information content (AvgIpc) is 2.51. The fraction of sp³-hybridized carbons (Fsp3) is 0.474. The minimum atomic E-state index is -0.477. The number of nitro benzene ring substituents is 1. The van der Waals surface area contributed by atoms with Gasteiger partial charge in [0.2, 0.25) is 0 Å². The fourth-order valence-electron chi connectivity index (χ4n) is 3.01. The molecule has 1 aromatic rings. The molecule has 6 nitrogen and oxygen atoms in total. The predicted octanol–water partition coefficient (Wildman–Crippen LogP) is 5.06. The molecule has 1 aliphatic carbocycles. The van der Waals surface area contributed by atoms with Crippen LogP contribution in [0, 0.1) is 15.5 Å². The van der Waals surface area contributed by atoms with Gasteiger partial charge in [-0.15, -0.1) is 0 Å². The Labute approximate surface area is 147 Å². The van der Waals surface area contributed by atoms with E-state index in [4.69, 9.17) is 0 Å². The van der Waals surface area contributed by atoms with E-state index in [1.807, 2.05) is 20.8 Å². The lowest BCUT2D eigenvalue weighted by Crippen LogP contribution is -2.32. The van der Waals surface area contributed by atoms with Crippen molar-refractivity contribution < 1.29 is 14.8 Å². The number of non-ortho nitro benzene ring substituents is 1. The maximum Gasteiger partial charge on any atom is 0.271 e. The number of rotatable bonds is 5. The minimum absolute atomic E-state index is 0.0519. The lowest BCUT2D eigenvalue weighted by Gasteiger charge is -2.31. The second kappa shape index (κ2) is 7.59. The number of hydrogen-bond acceptors (Lipinski definition) is 5. The van der Waals surface area contributed by atoms with Crippen molar-refractivity contribution >= 4 is 22.9 Å². The molecule has 134 valence electrons. The summed E-state index contributed by atoms with van der Waals surface area (Å²) in [6.07, 6.45) is 3.02. The molecule has 1 N–H and O–H groups in total. The summed E-state index contributed by atoms with van der Waals surface area (Å²) in [5, 5.41) is 21.4. The molecule has 1 fully saturated rings. The van der Waals surface area contributed by atoms with Crippen molar-refractivity contribution in [3.63, 3.8) is 0 Å². The van der Waals surface area contributed by atoms with Gasteiger partial charge in [0.05, 0.1) is 21.9 Å². The number of nitro groups is 1. The van der Waals surface area contributed by atoms with Gasteiger partial charge in [-0.05, 0) is 24.3 Å². The van der Waals surface area contributed by atoms with Gasteiger partial charge in [0, 0.05) is 25.0 Å². The van der Waals surface area contributed by atoms with Gasteiger partial charge in [0.1, 0.15) is 5.76 Å². The predicted molar refractivity (Wildman–Crippen MR) is 97.4 cm³/mol. The van der Waals surface area contributed by atoms with Gasteiger partial charge >= 0.3 is 0 Å². The third-order valence-corrected chi connectivity index (χ3v) is 4.21. The number of aliphatic imine (C=N–C) groups is 1. The molecule has 0 amide bonds. The standard InChI is InChI=1S/C19H24N2O4/c1-4-5-9-16(22)18-15(11-19(2,3)12-17(18)23)20-13-7-6-8-14(10-13)21(24)25/h6-8,10,22H,4-5,9,11-12H2,1-3H3/b18-16-,20-15?. The van der Waals surface area contributed by atoms with Crippen LogP contribution in [0.1, 0.15) is 52.9 Å². The number of carbonyl (C=O) groups excluding carboxylic acids is 1. The highest BCUT2D eigenvalue weighted by molar-refractivity contribution is 6.25. The number of hydrogen-bond donors (Lipinski definition) is 1. The summed E-state index contributed by atoms with van der Waals surface area (Å²) in [4.78, 5) is 27.5. The number of benzene rings is 1. The number of aliphatic hydroxyl groups is 1. The number of carbonyl (C=O) groups is 1. The first kappa shape index (κ1) is 18.8. The number of aliphatic hydroxyl groups excluding tert-OH is 1. The summed E-state index contributed by atoms with van der Waals surface area (Å²) in [7, 11) is 0. The molecule has 1 saturated carbocycles. The quantitative estimate of drug-likeness (QED) is 0.350. The Bertz CT molecular complexity index is 748. The van der Waals surface area contributed by atoms with Crippen LogP contribution in [0.2, 0.25) is 0 Å². The third-order valence-electron chi connectivity index (χ3n) is 4.21. The van der Waals surface area contributed by atoms with Crippen LogP contribution in [0.4, 0.5) is 11.4 Å². The van der Waals surface area contributed by atoms with Crippen LogP contribution in [0.5, 0.6) is 0 Å². The van der Waals surface area contributed by atoms with Gasteiger partial charge in [-0.1, -0.05) is 33.3 Å². The van der Waals surface area contributed by atoms with E-state index >= 15 is 0 Å². The molecule has 6 heteroatoms. The van der Waals surface area contributed by atoms with E-state index in [1.54, 1.807) is 12.1 Å². The van der Waals surface area contributed by atoms with Crippen LogP contribution in [-0.4, -0.2) is 21.5 Å². The zero-order chi connectivity index (χ0) is 18.6. The van der Waals surface area contributed by atoms with Crippen LogP contribution in [0.25, 0.3) is 0 Å². The summed E-state index contributed by atoms with van der Waals surface area (Å²) >= 11 is 0. The number of allylic oxidation sites excluding steroid dienone is 2. The topological polar surface area (TPSA) is 92.8 Å². The first-order chi connectivity index (χ1) is 11.7.